The minimum absolute atomic E-state index is 0.242. The quantitative estimate of drug-likeness (QED) is 0.613. The number of carbonyl (C=O) groups excluding carboxylic acids is 1. The summed E-state index contributed by atoms with van der Waals surface area (Å²) >= 11 is 1.44. The van der Waals surface area contributed by atoms with Crippen LogP contribution in [0.5, 0.6) is 0 Å². The first kappa shape index (κ1) is 15.2. The Hall–Kier alpha value is -3.39. The summed E-state index contributed by atoms with van der Waals surface area (Å²) < 4.78 is 1.54. The van der Waals surface area contributed by atoms with E-state index in [1.807, 2.05) is 42.5 Å². The number of tetrazole rings is 1. The second-order valence-electron chi connectivity index (χ2n) is 5.16. The first-order valence-electron chi connectivity index (χ1n) is 7.45. The number of anilines is 1. The summed E-state index contributed by atoms with van der Waals surface area (Å²) in [5.41, 5.74) is 2.88. The van der Waals surface area contributed by atoms with Crippen molar-refractivity contribution in [1.29, 1.82) is 0 Å². The molecule has 0 atom stereocenters. The molecule has 0 saturated carbocycles. The maximum atomic E-state index is 12.4. The summed E-state index contributed by atoms with van der Waals surface area (Å²) in [5.74, 6) is -0.242. The zero-order valence-corrected chi connectivity index (χ0v) is 13.7. The second kappa shape index (κ2) is 6.62. The Balaban J connectivity index is 1.48. The Labute approximate surface area is 147 Å². The van der Waals surface area contributed by atoms with Crippen molar-refractivity contribution in [2.24, 2.45) is 0 Å². The van der Waals surface area contributed by atoms with E-state index in [0.29, 0.717) is 11.4 Å². The van der Waals surface area contributed by atoms with Crippen molar-refractivity contribution >= 4 is 22.9 Å². The summed E-state index contributed by atoms with van der Waals surface area (Å²) in [6.45, 7) is 0. The number of benzene rings is 2. The third kappa shape index (κ3) is 3.29. The number of nitrogens with zero attached hydrogens (tertiary/aromatic N) is 5. The van der Waals surface area contributed by atoms with E-state index in [2.05, 4.69) is 25.8 Å². The molecule has 4 rings (SSSR count). The van der Waals surface area contributed by atoms with Gasteiger partial charge in [0.1, 0.15) is 17.0 Å². The van der Waals surface area contributed by atoms with Crippen LogP contribution >= 0.6 is 11.3 Å². The number of aromatic nitrogens is 5. The van der Waals surface area contributed by atoms with Gasteiger partial charge in [0.05, 0.1) is 5.69 Å². The van der Waals surface area contributed by atoms with Crippen LogP contribution in [0.4, 0.5) is 5.69 Å². The monoisotopic (exact) mass is 348 g/mol. The van der Waals surface area contributed by atoms with Gasteiger partial charge in [-0.15, -0.1) is 16.4 Å². The highest BCUT2D eigenvalue weighted by Gasteiger charge is 2.12. The van der Waals surface area contributed by atoms with Crippen LogP contribution in [0.1, 0.15) is 10.5 Å². The Bertz CT molecular complexity index is 980. The molecule has 0 unspecified atom stereocenters. The molecular formula is C17H12N6OS. The number of nitrogens with one attached hydrogen (secondary N) is 1. The molecular weight excluding hydrogens is 336 g/mol. The van der Waals surface area contributed by atoms with Gasteiger partial charge in [0.2, 0.25) is 0 Å². The molecule has 8 heteroatoms. The molecule has 1 amide bonds. The molecule has 0 spiro atoms. The van der Waals surface area contributed by atoms with E-state index < -0.39 is 0 Å². The van der Waals surface area contributed by atoms with E-state index in [-0.39, 0.29) is 5.91 Å². The SMILES string of the molecule is O=C(Nc1ccc(-n2cnnn2)cc1)c1csc(-c2ccccc2)n1. The smallest absolute Gasteiger partial charge is 0.275 e. The molecule has 0 aliphatic carbocycles. The number of rotatable bonds is 4. The van der Waals surface area contributed by atoms with Crippen molar-refractivity contribution in [2.45, 2.75) is 0 Å². The van der Waals surface area contributed by atoms with Crippen molar-refractivity contribution in [2.75, 3.05) is 5.32 Å². The largest absolute Gasteiger partial charge is 0.321 e. The molecule has 25 heavy (non-hydrogen) atoms. The molecule has 2 aromatic heterocycles. The van der Waals surface area contributed by atoms with Gasteiger partial charge < -0.3 is 5.32 Å². The van der Waals surface area contributed by atoms with Crippen LogP contribution in [-0.2, 0) is 0 Å². The zero-order chi connectivity index (χ0) is 17.1. The molecule has 0 aliphatic heterocycles. The molecule has 4 aromatic rings. The average Bonchev–Trinajstić information content (AvgIpc) is 3.35. The molecule has 1 N–H and O–H groups in total. The maximum Gasteiger partial charge on any atom is 0.275 e. The Kier molecular flexibility index (Phi) is 4.01. The average molecular weight is 348 g/mol. The van der Waals surface area contributed by atoms with Crippen molar-refractivity contribution in [3.05, 3.63) is 72.0 Å². The fourth-order valence-corrected chi connectivity index (χ4v) is 3.07. The molecule has 0 bridgehead atoms. The van der Waals surface area contributed by atoms with Crippen molar-refractivity contribution in [3.8, 4) is 16.3 Å². The molecule has 122 valence electrons. The fraction of sp³-hybridized carbons (Fsp3) is 0. The Morgan fingerprint density at radius 3 is 2.56 bits per heavy atom. The van der Waals surface area contributed by atoms with Crippen LogP contribution in [0.2, 0.25) is 0 Å². The predicted molar refractivity (Wildman–Crippen MR) is 94.7 cm³/mol. The zero-order valence-electron chi connectivity index (χ0n) is 12.9. The van der Waals surface area contributed by atoms with E-state index >= 15 is 0 Å². The van der Waals surface area contributed by atoms with E-state index in [4.69, 9.17) is 0 Å². The topological polar surface area (TPSA) is 85.6 Å². The summed E-state index contributed by atoms with van der Waals surface area (Å²) in [6, 6.07) is 17.0. The highest BCUT2D eigenvalue weighted by molar-refractivity contribution is 7.13. The summed E-state index contributed by atoms with van der Waals surface area (Å²) in [4.78, 5) is 16.8. The van der Waals surface area contributed by atoms with Gasteiger partial charge in [0, 0.05) is 16.6 Å². The second-order valence-corrected chi connectivity index (χ2v) is 6.02. The van der Waals surface area contributed by atoms with Crippen LogP contribution < -0.4 is 5.32 Å². The van der Waals surface area contributed by atoms with Gasteiger partial charge >= 0.3 is 0 Å². The Morgan fingerprint density at radius 2 is 1.84 bits per heavy atom. The molecule has 0 saturated heterocycles. The lowest BCUT2D eigenvalue weighted by molar-refractivity contribution is 0.102. The van der Waals surface area contributed by atoms with Gasteiger partial charge in [-0.25, -0.2) is 9.67 Å². The molecule has 0 aliphatic rings. The lowest BCUT2D eigenvalue weighted by Crippen LogP contribution is -2.12. The lowest BCUT2D eigenvalue weighted by Gasteiger charge is -2.04. The molecule has 0 radical (unpaired) electrons. The highest BCUT2D eigenvalue weighted by Crippen LogP contribution is 2.23. The molecule has 7 nitrogen and oxygen atoms in total. The van der Waals surface area contributed by atoms with Crippen LogP contribution in [0.15, 0.2) is 66.3 Å². The Morgan fingerprint density at radius 1 is 1.04 bits per heavy atom. The number of hydrogen-bond donors (Lipinski definition) is 1. The maximum absolute atomic E-state index is 12.4. The van der Waals surface area contributed by atoms with Crippen molar-refractivity contribution < 1.29 is 4.79 Å². The first-order valence-corrected chi connectivity index (χ1v) is 8.33. The summed E-state index contributed by atoms with van der Waals surface area (Å²) in [5, 5.41) is 16.4. The number of carbonyl (C=O) groups is 1. The van der Waals surface area contributed by atoms with E-state index in [9.17, 15) is 4.79 Å². The van der Waals surface area contributed by atoms with Crippen LogP contribution in [-0.4, -0.2) is 31.1 Å². The van der Waals surface area contributed by atoms with E-state index in [1.165, 1.54) is 22.3 Å². The number of thiazole rings is 1. The van der Waals surface area contributed by atoms with Gasteiger partial charge in [-0.05, 0) is 34.7 Å². The van der Waals surface area contributed by atoms with Gasteiger partial charge in [-0.1, -0.05) is 30.3 Å². The minimum Gasteiger partial charge on any atom is -0.321 e. The van der Waals surface area contributed by atoms with Gasteiger partial charge in [0.15, 0.2) is 0 Å². The van der Waals surface area contributed by atoms with Crippen LogP contribution in [0.3, 0.4) is 0 Å². The molecule has 2 aromatic carbocycles. The van der Waals surface area contributed by atoms with Crippen molar-refractivity contribution in [3.63, 3.8) is 0 Å². The van der Waals surface area contributed by atoms with Gasteiger partial charge in [-0.3, -0.25) is 4.79 Å². The lowest BCUT2D eigenvalue weighted by atomic mass is 10.2. The van der Waals surface area contributed by atoms with Gasteiger partial charge in [-0.2, -0.15) is 0 Å². The van der Waals surface area contributed by atoms with Crippen LogP contribution in [0, 0.1) is 0 Å². The third-order valence-electron chi connectivity index (χ3n) is 3.50. The summed E-state index contributed by atoms with van der Waals surface area (Å²) in [7, 11) is 0. The minimum atomic E-state index is -0.242. The molecule has 0 fully saturated rings. The van der Waals surface area contributed by atoms with E-state index in [0.717, 1.165) is 16.3 Å². The predicted octanol–water partition coefficient (Wildman–Crippen LogP) is 3.04. The van der Waals surface area contributed by atoms with Crippen molar-refractivity contribution in [1.82, 2.24) is 25.2 Å². The fourth-order valence-electron chi connectivity index (χ4n) is 2.26. The van der Waals surface area contributed by atoms with E-state index in [1.54, 1.807) is 17.5 Å². The third-order valence-corrected chi connectivity index (χ3v) is 4.39. The first-order chi connectivity index (χ1) is 12.3. The standard InChI is InChI=1S/C17H12N6OS/c24-16(15-10-25-17(20-15)12-4-2-1-3-5-12)19-13-6-8-14(9-7-13)23-11-18-21-22-23/h1-11H,(H,19,24). The number of hydrogen-bond acceptors (Lipinski definition) is 6. The normalized spacial score (nSPS) is 10.6. The summed E-state index contributed by atoms with van der Waals surface area (Å²) in [6.07, 6.45) is 1.51. The molecule has 2 heterocycles. The number of amides is 1. The van der Waals surface area contributed by atoms with Crippen LogP contribution in [0.25, 0.3) is 16.3 Å². The highest BCUT2D eigenvalue weighted by atomic mass is 32.1. The van der Waals surface area contributed by atoms with Gasteiger partial charge in [0.25, 0.3) is 5.91 Å².